The van der Waals surface area contributed by atoms with Gasteiger partial charge in [-0.05, 0) is 43.2 Å². The molecule has 0 atom stereocenters. The molecule has 0 fully saturated rings. The van der Waals surface area contributed by atoms with E-state index in [9.17, 15) is 5.26 Å². The molecule has 2 heterocycles. The van der Waals surface area contributed by atoms with E-state index in [0.29, 0.717) is 18.3 Å². The number of aryl methyl sites for hydroxylation is 2. The van der Waals surface area contributed by atoms with E-state index < -0.39 is 0 Å². The normalized spacial score (nSPS) is 10.3. The topological polar surface area (TPSA) is 84.0 Å². The molecule has 0 aliphatic heterocycles. The van der Waals surface area contributed by atoms with E-state index in [2.05, 4.69) is 15.3 Å². The summed E-state index contributed by atoms with van der Waals surface area (Å²) in [5, 5.41) is 12.3. The number of rotatable bonds is 6. The van der Waals surface area contributed by atoms with E-state index >= 15 is 0 Å². The van der Waals surface area contributed by atoms with Gasteiger partial charge in [0.15, 0.2) is 6.61 Å². The smallest absolute Gasteiger partial charge is 0.236 e. The standard InChI is InChI=1S/C19H18N4O2/c1-13-3-4-17(14(2)9-13)24-12-18-23-16(10-20)19(25-18)22-11-15-5-7-21-8-6-15/h3-9,22H,11-12H2,1-2H3. The highest BCUT2D eigenvalue weighted by Crippen LogP contribution is 2.22. The van der Waals surface area contributed by atoms with Gasteiger partial charge in [-0.1, -0.05) is 17.7 Å². The summed E-state index contributed by atoms with van der Waals surface area (Å²) >= 11 is 0. The van der Waals surface area contributed by atoms with Crippen LogP contribution in [-0.2, 0) is 13.2 Å². The SMILES string of the molecule is Cc1ccc(OCc2nc(C#N)c(NCc3ccncc3)o2)c(C)c1. The molecule has 6 heteroatoms. The third kappa shape index (κ3) is 4.15. The average Bonchev–Trinajstić information content (AvgIpc) is 3.02. The van der Waals surface area contributed by atoms with Gasteiger partial charge in [0.25, 0.3) is 0 Å². The minimum atomic E-state index is 0.162. The summed E-state index contributed by atoms with van der Waals surface area (Å²) in [6.07, 6.45) is 3.43. The fourth-order valence-corrected chi connectivity index (χ4v) is 2.41. The van der Waals surface area contributed by atoms with E-state index in [1.165, 1.54) is 5.56 Å². The van der Waals surface area contributed by atoms with Gasteiger partial charge in [0, 0.05) is 18.9 Å². The van der Waals surface area contributed by atoms with Gasteiger partial charge in [-0.25, -0.2) is 0 Å². The molecule has 3 rings (SSSR count). The third-order valence-electron chi connectivity index (χ3n) is 3.66. The van der Waals surface area contributed by atoms with Gasteiger partial charge in [-0.2, -0.15) is 10.2 Å². The molecule has 0 spiro atoms. The van der Waals surface area contributed by atoms with Crippen LogP contribution >= 0.6 is 0 Å². The van der Waals surface area contributed by atoms with Crippen molar-refractivity contribution >= 4 is 5.88 Å². The first-order chi connectivity index (χ1) is 12.2. The van der Waals surface area contributed by atoms with Crippen molar-refractivity contribution in [2.45, 2.75) is 27.0 Å². The molecule has 0 amide bonds. The number of benzene rings is 1. The van der Waals surface area contributed by atoms with Crippen LogP contribution in [0.4, 0.5) is 5.88 Å². The van der Waals surface area contributed by atoms with Gasteiger partial charge in [0.2, 0.25) is 17.5 Å². The quantitative estimate of drug-likeness (QED) is 0.739. The molecule has 2 aromatic heterocycles. The highest BCUT2D eigenvalue weighted by molar-refractivity contribution is 5.45. The van der Waals surface area contributed by atoms with Gasteiger partial charge >= 0.3 is 0 Å². The van der Waals surface area contributed by atoms with Crippen LogP contribution in [-0.4, -0.2) is 9.97 Å². The summed E-state index contributed by atoms with van der Waals surface area (Å²) in [4.78, 5) is 8.15. The molecule has 126 valence electrons. The molecule has 3 aromatic rings. The Labute approximate surface area is 146 Å². The number of pyridine rings is 1. The first-order valence-corrected chi connectivity index (χ1v) is 7.88. The van der Waals surface area contributed by atoms with E-state index in [4.69, 9.17) is 9.15 Å². The first-order valence-electron chi connectivity index (χ1n) is 7.88. The Morgan fingerprint density at radius 1 is 1.20 bits per heavy atom. The van der Waals surface area contributed by atoms with Gasteiger partial charge < -0.3 is 14.5 Å². The number of aromatic nitrogens is 2. The van der Waals surface area contributed by atoms with Crippen LogP contribution in [0.2, 0.25) is 0 Å². The molecule has 0 aliphatic rings. The average molecular weight is 334 g/mol. The Kier molecular flexibility index (Phi) is 4.95. The molecule has 0 saturated carbocycles. The maximum Gasteiger partial charge on any atom is 0.236 e. The van der Waals surface area contributed by atoms with Crippen LogP contribution < -0.4 is 10.1 Å². The molecule has 1 N–H and O–H groups in total. The second-order valence-corrected chi connectivity index (χ2v) is 5.66. The van der Waals surface area contributed by atoms with Crippen LogP contribution in [0.5, 0.6) is 5.75 Å². The van der Waals surface area contributed by atoms with Crippen molar-refractivity contribution in [2.75, 3.05) is 5.32 Å². The van der Waals surface area contributed by atoms with E-state index in [1.54, 1.807) is 12.4 Å². The summed E-state index contributed by atoms with van der Waals surface area (Å²) in [5.41, 5.74) is 3.47. The zero-order valence-corrected chi connectivity index (χ0v) is 14.1. The van der Waals surface area contributed by atoms with E-state index in [1.807, 2.05) is 50.2 Å². The third-order valence-corrected chi connectivity index (χ3v) is 3.66. The van der Waals surface area contributed by atoms with Gasteiger partial charge in [0.1, 0.15) is 11.8 Å². The zero-order valence-electron chi connectivity index (χ0n) is 14.1. The number of nitrogens with one attached hydrogen (secondary N) is 1. The molecule has 0 radical (unpaired) electrons. The summed E-state index contributed by atoms with van der Waals surface area (Å²) in [6.45, 7) is 4.70. The molecule has 0 aliphatic carbocycles. The molecule has 6 nitrogen and oxygen atoms in total. The molecule has 25 heavy (non-hydrogen) atoms. The highest BCUT2D eigenvalue weighted by atomic mass is 16.5. The fourth-order valence-electron chi connectivity index (χ4n) is 2.41. The van der Waals surface area contributed by atoms with Gasteiger partial charge in [0.05, 0.1) is 0 Å². The van der Waals surface area contributed by atoms with Crippen LogP contribution in [0.1, 0.15) is 28.3 Å². The molecule has 1 aromatic carbocycles. The Bertz CT molecular complexity index is 898. The number of hydrogen-bond acceptors (Lipinski definition) is 6. The van der Waals surface area contributed by atoms with E-state index in [-0.39, 0.29) is 12.3 Å². The molecule has 0 saturated heterocycles. The van der Waals surface area contributed by atoms with Crippen molar-refractivity contribution < 1.29 is 9.15 Å². The molecule has 0 unspecified atom stereocenters. The largest absolute Gasteiger partial charge is 0.484 e. The summed E-state index contributed by atoms with van der Waals surface area (Å²) in [6, 6.07) is 11.8. The van der Waals surface area contributed by atoms with Crippen LogP contribution in [0, 0.1) is 25.2 Å². The molecular formula is C19H18N4O2. The predicted octanol–water partition coefficient (Wildman–Crippen LogP) is 3.75. The van der Waals surface area contributed by atoms with Crippen LogP contribution in [0.3, 0.4) is 0 Å². The fraction of sp³-hybridized carbons (Fsp3) is 0.211. The maximum absolute atomic E-state index is 9.23. The minimum Gasteiger partial charge on any atom is -0.484 e. The number of nitrogens with zero attached hydrogens (tertiary/aromatic N) is 3. The van der Waals surface area contributed by atoms with Crippen molar-refractivity contribution in [2.24, 2.45) is 0 Å². The molecular weight excluding hydrogens is 316 g/mol. The first kappa shape index (κ1) is 16.5. The monoisotopic (exact) mass is 334 g/mol. The van der Waals surface area contributed by atoms with Crippen molar-refractivity contribution in [1.82, 2.24) is 9.97 Å². The Morgan fingerprint density at radius 2 is 2.00 bits per heavy atom. The lowest BCUT2D eigenvalue weighted by Crippen LogP contribution is -1.99. The Morgan fingerprint density at radius 3 is 2.72 bits per heavy atom. The summed E-state index contributed by atoms with van der Waals surface area (Å²) in [7, 11) is 0. The highest BCUT2D eigenvalue weighted by Gasteiger charge is 2.13. The Hall–Kier alpha value is -3.33. The zero-order chi connectivity index (χ0) is 17.6. The number of hydrogen-bond donors (Lipinski definition) is 1. The second-order valence-electron chi connectivity index (χ2n) is 5.66. The summed E-state index contributed by atoms with van der Waals surface area (Å²) in [5.74, 6) is 1.47. The lowest BCUT2D eigenvalue weighted by atomic mass is 10.1. The van der Waals surface area contributed by atoms with Gasteiger partial charge in [-0.15, -0.1) is 0 Å². The summed E-state index contributed by atoms with van der Waals surface area (Å²) < 4.78 is 11.4. The number of ether oxygens (including phenoxy) is 1. The molecule has 0 bridgehead atoms. The lowest BCUT2D eigenvalue weighted by Gasteiger charge is -2.07. The number of anilines is 1. The number of oxazole rings is 1. The maximum atomic E-state index is 9.23. The van der Waals surface area contributed by atoms with Crippen molar-refractivity contribution in [1.29, 1.82) is 5.26 Å². The minimum absolute atomic E-state index is 0.162. The van der Waals surface area contributed by atoms with Crippen molar-refractivity contribution in [3.05, 3.63) is 71.0 Å². The van der Waals surface area contributed by atoms with Crippen LogP contribution in [0.15, 0.2) is 47.1 Å². The number of nitriles is 1. The predicted molar refractivity (Wildman–Crippen MR) is 93.0 cm³/mol. The van der Waals surface area contributed by atoms with Crippen molar-refractivity contribution in [3.8, 4) is 11.8 Å². The van der Waals surface area contributed by atoms with E-state index in [0.717, 1.165) is 16.9 Å². The van der Waals surface area contributed by atoms with Gasteiger partial charge in [-0.3, -0.25) is 4.98 Å². The van der Waals surface area contributed by atoms with Crippen LogP contribution in [0.25, 0.3) is 0 Å². The Balaban J connectivity index is 1.67. The lowest BCUT2D eigenvalue weighted by molar-refractivity contribution is 0.263. The second kappa shape index (κ2) is 7.49. The van der Waals surface area contributed by atoms with Crippen molar-refractivity contribution in [3.63, 3.8) is 0 Å².